The van der Waals surface area contributed by atoms with Crippen LogP contribution in [0.4, 0.5) is 0 Å². The first-order valence-electron chi connectivity index (χ1n) is 6.93. The fourth-order valence-electron chi connectivity index (χ4n) is 2.51. The van der Waals surface area contributed by atoms with Gasteiger partial charge in [0.1, 0.15) is 5.41 Å². The molecule has 0 aliphatic heterocycles. The first-order valence-corrected chi connectivity index (χ1v) is 8.65. The van der Waals surface area contributed by atoms with Crippen LogP contribution in [0.15, 0.2) is 23.3 Å². The third-order valence-electron chi connectivity index (χ3n) is 3.24. The predicted molar refractivity (Wildman–Crippen MR) is 79.9 cm³/mol. The van der Waals surface area contributed by atoms with Gasteiger partial charge in [-0.15, -0.1) is 0 Å². The average Bonchev–Trinajstić information content (AvgIpc) is 2.37. The van der Waals surface area contributed by atoms with Crippen LogP contribution in [0.3, 0.4) is 0 Å². The number of carbonyl (C=O) groups is 2. The number of carboxylic acids is 2. The summed E-state index contributed by atoms with van der Waals surface area (Å²) >= 11 is 0. The second kappa shape index (κ2) is 7.22. The van der Waals surface area contributed by atoms with Crippen molar-refractivity contribution in [3.05, 3.63) is 23.3 Å². The van der Waals surface area contributed by atoms with E-state index in [1.165, 1.54) is 12.2 Å². The zero-order valence-corrected chi connectivity index (χ0v) is 13.8. The molecule has 0 fully saturated rings. The number of aliphatic carboxylic acids is 2. The van der Waals surface area contributed by atoms with Crippen molar-refractivity contribution in [3.63, 3.8) is 0 Å². The lowest BCUT2D eigenvalue weighted by atomic mass is 9.78. The Morgan fingerprint density at radius 2 is 1.82 bits per heavy atom. The van der Waals surface area contributed by atoms with E-state index in [0.717, 1.165) is 0 Å². The van der Waals surface area contributed by atoms with E-state index in [-0.39, 0.29) is 25.2 Å². The summed E-state index contributed by atoms with van der Waals surface area (Å²) in [6.07, 6.45) is 2.17. The Bertz CT molecular complexity index is 554. The van der Waals surface area contributed by atoms with Gasteiger partial charge in [0.05, 0.1) is 19.4 Å². The summed E-state index contributed by atoms with van der Waals surface area (Å²) in [5.74, 6) is -2.45. The van der Waals surface area contributed by atoms with Crippen molar-refractivity contribution in [3.8, 4) is 0 Å². The summed E-state index contributed by atoms with van der Waals surface area (Å²) < 4.78 is 23.0. The van der Waals surface area contributed by atoms with E-state index >= 15 is 0 Å². The quantitative estimate of drug-likeness (QED) is 0.657. The number of carboxylic acid groups (broad SMARTS) is 2. The molecular weight excluding hydrogens is 311 g/mol. The van der Waals surface area contributed by atoms with Crippen molar-refractivity contribution in [2.24, 2.45) is 5.41 Å². The number of rotatable bonds is 8. The van der Waals surface area contributed by atoms with Gasteiger partial charge in [-0.2, -0.15) is 0 Å². The first-order chi connectivity index (χ1) is 10.2. The minimum Gasteiger partial charge on any atom is -0.481 e. The van der Waals surface area contributed by atoms with Crippen molar-refractivity contribution in [1.82, 2.24) is 0 Å². The van der Waals surface area contributed by atoms with E-state index in [0.29, 0.717) is 5.57 Å². The highest BCUT2D eigenvalue weighted by Crippen LogP contribution is 2.55. The molecule has 0 bridgehead atoms. The van der Waals surface area contributed by atoms with Gasteiger partial charge < -0.3 is 19.3 Å². The summed E-state index contributed by atoms with van der Waals surface area (Å²) in [7, 11) is -3.64. The summed E-state index contributed by atoms with van der Waals surface area (Å²) in [6, 6.07) is 0. The molecule has 1 unspecified atom stereocenters. The molecule has 0 heterocycles. The number of hydrogen-bond acceptors (Lipinski definition) is 5. The highest BCUT2D eigenvalue weighted by Gasteiger charge is 2.47. The molecule has 0 saturated carbocycles. The maximum absolute atomic E-state index is 12.7. The first kappa shape index (κ1) is 18.6. The minimum atomic E-state index is -3.64. The SMILES string of the molecule is CCOP(=O)(CC1(C(=O)O)C=C(C)C=C(C(=O)O)C1)OCC. The van der Waals surface area contributed by atoms with E-state index in [9.17, 15) is 19.3 Å². The van der Waals surface area contributed by atoms with E-state index in [2.05, 4.69) is 0 Å². The van der Waals surface area contributed by atoms with Gasteiger partial charge in [-0.25, -0.2) is 4.79 Å². The molecule has 1 atom stereocenters. The molecule has 22 heavy (non-hydrogen) atoms. The Morgan fingerprint density at radius 1 is 1.27 bits per heavy atom. The summed E-state index contributed by atoms with van der Waals surface area (Å²) in [5, 5.41) is 18.8. The monoisotopic (exact) mass is 332 g/mol. The second-order valence-electron chi connectivity index (χ2n) is 5.11. The van der Waals surface area contributed by atoms with Crippen molar-refractivity contribution in [1.29, 1.82) is 0 Å². The van der Waals surface area contributed by atoms with Gasteiger partial charge >= 0.3 is 19.5 Å². The topological polar surface area (TPSA) is 110 Å². The molecule has 7 nitrogen and oxygen atoms in total. The molecule has 8 heteroatoms. The Morgan fingerprint density at radius 3 is 2.23 bits per heavy atom. The zero-order valence-electron chi connectivity index (χ0n) is 12.9. The van der Waals surface area contributed by atoms with Crippen molar-refractivity contribution >= 4 is 19.5 Å². The van der Waals surface area contributed by atoms with Crippen LogP contribution in [-0.2, 0) is 23.2 Å². The van der Waals surface area contributed by atoms with Gasteiger partial charge in [-0.1, -0.05) is 11.6 Å². The molecule has 0 aromatic carbocycles. The highest BCUT2D eigenvalue weighted by molar-refractivity contribution is 7.53. The molecular formula is C14H21O7P. The van der Waals surface area contributed by atoms with Crippen LogP contribution >= 0.6 is 7.60 Å². The van der Waals surface area contributed by atoms with E-state index < -0.39 is 31.1 Å². The Balaban J connectivity index is 3.24. The van der Waals surface area contributed by atoms with Gasteiger partial charge in [-0.3, -0.25) is 9.36 Å². The fourth-order valence-corrected chi connectivity index (χ4v) is 4.58. The van der Waals surface area contributed by atoms with Crippen LogP contribution in [0.5, 0.6) is 0 Å². The van der Waals surface area contributed by atoms with Crippen LogP contribution < -0.4 is 0 Å². The summed E-state index contributed by atoms with van der Waals surface area (Å²) in [4.78, 5) is 23.0. The van der Waals surface area contributed by atoms with Crippen molar-refractivity contribution < 1.29 is 33.4 Å². The predicted octanol–water partition coefficient (Wildman–Crippen LogP) is 2.68. The van der Waals surface area contributed by atoms with Crippen LogP contribution in [-0.4, -0.2) is 41.5 Å². The Hall–Kier alpha value is -1.43. The molecule has 0 radical (unpaired) electrons. The lowest BCUT2D eigenvalue weighted by Gasteiger charge is -2.32. The van der Waals surface area contributed by atoms with Gasteiger partial charge in [0.15, 0.2) is 0 Å². The molecule has 1 rings (SSSR count). The lowest BCUT2D eigenvalue weighted by molar-refractivity contribution is -0.145. The molecule has 0 saturated heterocycles. The van der Waals surface area contributed by atoms with Crippen LogP contribution in [0.2, 0.25) is 0 Å². The van der Waals surface area contributed by atoms with E-state index in [4.69, 9.17) is 14.2 Å². The number of allylic oxidation sites excluding steroid dienone is 2. The normalized spacial score (nSPS) is 22.0. The highest BCUT2D eigenvalue weighted by atomic mass is 31.2. The molecule has 1 aliphatic carbocycles. The maximum Gasteiger partial charge on any atom is 0.332 e. The van der Waals surface area contributed by atoms with Crippen LogP contribution in [0, 0.1) is 5.41 Å². The van der Waals surface area contributed by atoms with Crippen molar-refractivity contribution in [2.75, 3.05) is 19.4 Å². The molecule has 0 aromatic rings. The molecule has 124 valence electrons. The van der Waals surface area contributed by atoms with E-state index in [1.807, 2.05) is 0 Å². The lowest BCUT2D eigenvalue weighted by Crippen LogP contribution is -2.36. The molecule has 0 amide bonds. The van der Waals surface area contributed by atoms with Crippen molar-refractivity contribution in [2.45, 2.75) is 27.2 Å². The fraction of sp³-hybridized carbons (Fsp3) is 0.571. The van der Waals surface area contributed by atoms with Gasteiger partial charge in [0.25, 0.3) is 0 Å². The third-order valence-corrected chi connectivity index (χ3v) is 5.49. The number of hydrogen-bond donors (Lipinski definition) is 2. The molecule has 2 N–H and O–H groups in total. The van der Waals surface area contributed by atoms with Gasteiger partial charge in [0, 0.05) is 5.57 Å². The largest absolute Gasteiger partial charge is 0.481 e. The summed E-state index contributed by atoms with van der Waals surface area (Å²) in [5.41, 5.74) is -1.17. The zero-order chi connectivity index (χ0) is 17.0. The molecule has 1 aliphatic rings. The smallest absolute Gasteiger partial charge is 0.332 e. The standard InChI is InChI=1S/C14H21O7P/c1-4-20-22(19,21-5-2)9-14(13(17)18)7-10(3)6-11(8-14)12(15)16/h6-7H,4-5,8-9H2,1-3H3,(H,15,16)(H,17,18). The van der Waals surface area contributed by atoms with E-state index in [1.54, 1.807) is 20.8 Å². The maximum atomic E-state index is 12.7. The summed E-state index contributed by atoms with van der Waals surface area (Å²) in [6.45, 7) is 5.08. The van der Waals surface area contributed by atoms with Crippen LogP contribution in [0.1, 0.15) is 27.2 Å². The average molecular weight is 332 g/mol. The molecule has 0 spiro atoms. The Labute approximate surface area is 129 Å². The Kier molecular flexibility index (Phi) is 6.11. The third kappa shape index (κ3) is 4.29. The van der Waals surface area contributed by atoms with Crippen LogP contribution in [0.25, 0.3) is 0 Å². The second-order valence-corrected chi connectivity index (χ2v) is 7.16. The van der Waals surface area contributed by atoms with Gasteiger partial charge in [-0.05, 0) is 33.3 Å². The molecule has 0 aromatic heterocycles. The van der Waals surface area contributed by atoms with Gasteiger partial charge in [0.2, 0.25) is 0 Å². The minimum absolute atomic E-state index is 0.0399.